The molecule has 6 heteroatoms. The average molecular weight is 367 g/mol. The first kappa shape index (κ1) is 22.3. The van der Waals surface area contributed by atoms with E-state index in [0.717, 1.165) is 11.4 Å². The van der Waals surface area contributed by atoms with Crippen LogP contribution in [0.4, 0.5) is 0 Å². The minimum Gasteiger partial charge on any atom is -0.261 e. The van der Waals surface area contributed by atoms with E-state index >= 15 is 0 Å². The molecule has 3 aromatic rings. The standard InChI is InChI=1S/3C7H10N2/c1-6(2)7-3-8-5-9-4-7;1-6(2)7-5-8-3-4-9-7;1-6(2)7-4-3-5-8-9-7/h3*3-6H,1-2H3. The Labute approximate surface area is 162 Å². The maximum Gasteiger partial charge on any atom is 0.115 e. The number of rotatable bonds is 3. The lowest BCUT2D eigenvalue weighted by atomic mass is 10.1. The van der Waals surface area contributed by atoms with Crippen molar-refractivity contribution in [2.24, 2.45) is 0 Å². The summed E-state index contributed by atoms with van der Waals surface area (Å²) in [7, 11) is 0. The molecule has 3 heterocycles. The van der Waals surface area contributed by atoms with E-state index < -0.39 is 0 Å². The van der Waals surface area contributed by atoms with Gasteiger partial charge >= 0.3 is 0 Å². The van der Waals surface area contributed by atoms with Crippen LogP contribution in [0.15, 0.2) is 55.6 Å². The van der Waals surface area contributed by atoms with Crippen molar-refractivity contribution in [1.29, 1.82) is 0 Å². The van der Waals surface area contributed by atoms with Gasteiger partial charge in [0.1, 0.15) is 6.33 Å². The van der Waals surface area contributed by atoms with Crippen LogP contribution in [-0.4, -0.2) is 30.1 Å². The number of hydrogen-bond donors (Lipinski definition) is 0. The Morgan fingerprint density at radius 3 is 1.67 bits per heavy atom. The highest BCUT2D eigenvalue weighted by Crippen LogP contribution is 2.09. The van der Waals surface area contributed by atoms with E-state index in [4.69, 9.17) is 0 Å². The summed E-state index contributed by atoms with van der Waals surface area (Å²) in [6.45, 7) is 12.7. The fraction of sp³-hybridized carbons (Fsp3) is 0.429. The smallest absolute Gasteiger partial charge is 0.115 e. The predicted octanol–water partition coefficient (Wildman–Crippen LogP) is 4.80. The van der Waals surface area contributed by atoms with Crippen LogP contribution < -0.4 is 0 Å². The van der Waals surface area contributed by atoms with Crippen LogP contribution in [0.25, 0.3) is 0 Å². The van der Waals surface area contributed by atoms with Crippen LogP contribution in [0.2, 0.25) is 0 Å². The highest BCUT2D eigenvalue weighted by molar-refractivity contribution is 5.06. The van der Waals surface area contributed by atoms with Gasteiger partial charge in [0, 0.05) is 37.2 Å². The van der Waals surface area contributed by atoms with Crippen LogP contribution >= 0.6 is 0 Å². The molecule has 0 radical (unpaired) electrons. The zero-order valence-electron chi connectivity index (χ0n) is 17.1. The number of nitrogens with zero attached hydrogens (tertiary/aromatic N) is 6. The molecule has 0 aliphatic carbocycles. The van der Waals surface area contributed by atoms with Crippen LogP contribution in [0.3, 0.4) is 0 Å². The first-order valence-electron chi connectivity index (χ1n) is 9.20. The largest absolute Gasteiger partial charge is 0.261 e. The Morgan fingerprint density at radius 1 is 0.667 bits per heavy atom. The summed E-state index contributed by atoms with van der Waals surface area (Å²) in [6.07, 6.45) is 12.1. The number of hydrogen-bond acceptors (Lipinski definition) is 6. The molecule has 0 atom stereocenters. The summed E-state index contributed by atoms with van der Waals surface area (Å²) >= 11 is 0. The summed E-state index contributed by atoms with van der Waals surface area (Å²) in [6, 6.07) is 3.89. The van der Waals surface area contributed by atoms with E-state index in [-0.39, 0.29) is 0 Å². The highest BCUT2D eigenvalue weighted by atomic mass is 15.1. The van der Waals surface area contributed by atoms with E-state index in [1.54, 1.807) is 31.1 Å². The molecule has 0 bridgehead atoms. The normalized spacial score (nSPS) is 10.1. The topological polar surface area (TPSA) is 77.3 Å². The summed E-state index contributed by atoms with van der Waals surface area (Å²) in [5.74, 6) is 1.50. The molecule has 0 aliphatic rings. The third kappa shape index (κ3) is 9.49. The number of aromatic nitrogens is 6. The van der Waals surface area contributed by atoms with Crippen LogP contribution in [0.1, 0.15) is 76.2 Å². The molecule has 3 aromatic heterocycles. The lowest BCUT2D eigenvalue weighted by Gasteiger charge is -1.99. The Kier molecular flexibility index (Phi) is 10.4. The molecule has 3 rings (SSSR count). The molecule has 0 aliphatic heterocycles. The fourth-order valence-corrected chi connectivity index (χ4v) is 1.84. The molecule has 144 valence electrons. The fourth-order valence-electron chi connectivity index (χ4n) is 1.84. The van der Waals surface area contributed by atoms with E-state index in [0.29, 0.717) is 17.8 Å². The summed E-state index contributed by atoms with van der Waals surface area (Å²) in [4.78, 5) is 15.8. The molecular weight excluding hydrogens is 336 g/mol. The molecule has 0 fully saturated rings. The van der Waals surface area contributed by atoms with Crippen molar-refractivity contribution in [1.82, 2.24) is 30.1 Å². The Morgan fingerprint density at radius 2 is 1.33 bits per heavy atom. The SMILES string of the molecule is CC(C)c1cccnn1.CC(C)c1cnccn1.CC(C)c1cncnc1. The molecule has 0 N–H and O–H groups in total. The van der Waals surface area contributed by atoms with Gasteiger partial charge < -0.3 is 0 Å². The Bertz CT molecular complexity index is 612. The maximum atomic E-state index is 4.12. The molecule has 0 saturated carbocycles. The van der Waals surface area contributed by atoms with Crippen molar-refractivity contribution in [3.8, 4) is 0 Å². The zero-order valence-corrected chi connectivity index (χ0v) is 17.1. The molecule has 0 saturated heterocycles. The van der Waals surface area contributed by atoms with E-state index in [1.807, 2.05) is 24.5 Å². The molecule has 0 unspecified atom stereocenters. The quantitative estimate of drug-likeness (QED) is 0.662. The average Bonchev–Trinajstić information content (AvgIpc) is 2.71. The summed E-state index contributed by atoms with van der Waals surface area (Å²) in [5, 5.41) is 7.68. The van der Waals surface area contributed by atoms with Gasteiger partial charge in [0.25, 0.3) is 0 Å². The lowest BCUT2D eigenvalue weighted by molar-refractivity contribution is 0.785. The molecule has 0 spiro atoms. The first-order valence-corrected chi connectivity index (χ1v) is 9.20. The third-order valence-corrected chi connectivity index (χ3v) is 3.61. The second kappa shape index (κ2) is 12.6. The molecule has 27 heavy (non-hydrogen) atoms. The van der Waals surface area contributed by atoms with Crippen molar-refractivity contribution in [2.45, 2.75) is 59.3 Å². The van der Waals surface area contributed by atoms with Gasteiger partial charge in [0.15, 0.2) is 0 Å². The van der Waals surface area contributed by atoms with Gasteiger partial charge in [-0.05, 0) is 35.4 Å². The van der Waals surface area contributed by atoms with Crippen molar-refractivity contribution in [2.75, 3.05) is 0 Å². The van der Waals surface area contributed by atoms with E-state index in [2.05, 4.69) is 71.7 Å². The summed E-state index contributed by atoms with van der Waals surface area (Å²) in [5.41, 5.74) is 3.30. The monoisotopic (exact) mass is 366 g/mol. The highest BCUT2D eigenvalue weighted by Gasteiger charge is 1.97. The van der Waals surface area contributed by atoms with Gasteiger partial charge in [0.2, 0.25) is 0 Å². The molecule has 0 aromatic carbocycles. The zero-order chi connectivity index (χ0) is 20.1. The summed E-state index contributed by atoms with van der Waals surface area (Å²) < 4.78 is 0. The van der Waals surface area contributed by atoms with Crippen molar-refractivity contribution >= 4 is 0 Å². The predicted molar refractivity (Wildman–Crippen MR) is 108 cm³/mol. The molecule has 6 nitrogen and oxygen atoms in total. The van der Waals surface area contributed by atoms with Gasteiger partial charge in [-0.3, -0.25) is 9.97 Å². The van der Waals surface area contributed by atoms with Crippen molar-refractivity contribution < 1.29 is 0 Å². The minimum atomic E-state index is 0.485. The minimum absolute atomic E-state index is 0.485. The van der Waals surface area contributed by atoms with Gasteiger partial charge in [0.05, 0.1) is 11.4 Å². The second-order valence-corrected chi connectivity index (χ2v) is 6.91. The van der Waals surface area contributed by atoms with Gasteiger partial charge in [-0.15, -0.1) is 0 Å². The second-order valence-electron chi connectivity index (χ2n) is 6.91. The van der Waals surface area contributed by atoms with Crippen LogP contribution in [0.5, 0.6) is 0 Å². The van der Waals surface area contributed by atoms with E-state index in [9.17, 15) is 0 Å². The van der Waals surface area contributed by atoms with Gasteiger partial charge in [-0.25, -0.2) is 9.97 Å². The van der Waals surface area contributed by atoms with Crippen molar-refractivity contribution in [3.63, 3.8) is 0 Å². The maximum absolute atomic E-state index is 4.12. The van der Waals surface area contributed by atoms with Crippen molar-refractivity contribution in [3.05, 3.63) is 72.6 Å². The van der Waals surface area contributed by atoms with Gasteiger partial charge in [-0.1, -0.05) is 41.5 Å². The first-order chi connectivity index (χ1) is 12.9. The van der Waals surface area contributed by atoms with Gasteiger partial charge in [-0.2, -0.15) is 10.2 Å². The van der Waals surface area contributed by atoms with Crippen LogP contribution in [-0.2, 0) is 0 Å². The Hall–Kier alpha value is -2.76. The van der Waals surface area contributed by atoms with Crippen LogP contribution in [0, 0.1) is 0 Å². The van der Waals surface area contributed by atoms with E-state index in [1.165, 1.54) is 5.56 Å². The molecule has 0 amide bonds. The lowest BCUT2D eigenvalue weighted by Crippen LogP contribution is -1.92. The molecular formula is C21H30N6. The third-order valence-electron chi connectivity index (χ3n) is 3.61. The Balaban J connectivity index is 0.000000202.